The van der Waals surface area contributed by atoms with Crippen LogP contribution in [0.3, 0.4) is 0 Å². The summed E-state index contributed by atoms with van der Waals surface area (Å²) in [4.78, 5) is 40.7. The zero-order chi connectivity index (χ0) is 41.4. The molecule has 0 radical (unpaired) electrons. The van der Waals surface area contributed by atoms with Crippen molar-refractivity contribution >= 4 is 18.1 Å². The number of nitrogens with zero attached hydrogens (tertiary/aromatic N) is 1. The van der Waals surface area contributed by atoms with E-state index in [1.165, 1.54) is 70.6 Å². The van der Waals surface area contributed by atoms with Crippen LogP contribution in [0.1, 0.15) is 179 Å². The van der Waals surface area contributed by atoms with Gasteiger partial charge in [-0.3, -0.25) is 9.59 Å². The predicted octanol–water partition coefficient (Wildman–Crippen LogP) is 12.6. The number of likely N-dealkylation sites (tertiary alicyclic amines) is 1. The van der Waals surface area contributed by atoms with Gasteiger partial charge in [-0.1, -0.05) is 84.1 Å². The average molecular weight is 806 g/mol. The molecule has 0 spiro atoms. The Balaban J connectivity index is 1.19. The number of allylic oxidation sites excluding steroid dienone is 4. The molecule has 326 valence electrons. The lowest BCUT2D eigenvalue weighted by Crippen LogP contribution is -2.37. The minimum atomic E-state index is -0.689. The molecule has 58 heavy (non-hydrogen) atoms. The van der Waals surface area contributed by atoms with E-state index in [4.69, 9.17) is 18.9 Å². The highest BCUT2D eigenvalue weighted by atomic mass is 16.7. The lowest BCUT2D eigenvalue weighted by molar-refractivity contribution is -0.146. The fraction of sp³-hybridized carbons (Fsp3) is 0.740. The number of benzene rings is 1. The summed E-state index contributed by atoms with van der Waals surface area (Å²) in [6.45, 7) is 12.7. The van der Waals surface area contributed by atoms with Crippen molar-refractivity contribution in [2.45, 2.75) is 182 Å². The molecule has 4 rings (SSSR count). The van der Waals surface area contributed by atoms with Crippen LogP contribution in [-0.4, -0.2) is 49.2 Å². The summed E-state index contributed by atoms with van der Waals surface area (Å²) in [7, 11) is 0. The maximum Gasteiger partial charge on any atom is 0.508 e. The van der Waals surface area contributed by atoms with Crippen molar-refractivity contribution in [3.63, 3.8) is 0 Å². The van der Waals surface area contributed by atoms with E-state index in [-0.39, 0.29) is 37.2 Å². The average Bonchev–Trinajstić information content (AvgIpc) is 3.20. The third-order valence-corrected chi connectivity index (χ3v) is 12.7. The van der Waals surface area contributed by atoms with Gasteiger partial charge in [-0.15, -0.1) is 0 Å². The summed E-state index contributed by atoms with van der Waals surface area (Å²) < 4.78 is 22.5. The van der Waals surface area contributed by atoms with Crippen molar-refractivity contribution in [2.75, 3.05) is 26.2 Å². The third-order valence-electron chi connectivity index (χ3n) is 12.7. The molecule has 1 aromatic carbocycles. The Bertz CT molecular complexity index is 1400. The van der Waals surface area contributed by atoms with E-state index in [0.29, 0.717) is 25.4 Å². The van der Waals surface area contributed by atoms with Crippen LogP contribution in [0, 0.1) is 29.1 Å². The number of fused-ring (bicyclic) bond motifs is 2. The first kappa shape index (κ1) is 47.5. The minimum absolute atomic E-state index is 0.0125. The van der Waals surface area contributed by atoms with Crippen molar-refractivity contribution in [3.8, 4) is 0 Å². The van der Waals surface area contributed by atoms with Gasteiger partial charge >= 0.3 is 18.1 Å². The quantitative estimate of drug-likeness (QED) is 0.0396. The molecule has 3 unspecified atom stereocenters. The Hall–Kier alpha value is -3.13. The van der Waals surface area contributed by atoms with Gasteiger partial charge in [0, 0.05) is 25.3 Å². The molecule has 3 aliphatic rings. The van der Waals surface area contributed by atoms with Crippen LogP contribution in [0.4, 0.5) is 4.79 Å². The van der Waals surface area contributed by atoms with E-state index in [1.54, 1.807) is 0 Å². The number of carbonyl (C=O) groups is 3. The Morgan fingerprint density at radius 1 is 0.724 bits per heavy atom. The standard InChI is InChI=1S/C50H79NO7/c1-5-7-8-9-10-11-12-13-14-15-16-17-18-19-20-23-47(52)55-37-44-30-45(32-46(31-44)39-58-49(54)57-36-41-22-21-26-51(6-2)35-41)38-56-48(53)24-25-50(4)33-42-27-40(3)28-43(29-42)34-50/h10-11,13-14,30-32,40-43H,5-9,12,15-29,33-39H2,1-4H3/b11-10-,14-13-. The van der Waals surface area contributed by atoms with Gasteiger partial charge in [-0.25, -0.2) is 4.79 Å². The van der Waals surface area contributed by atoms with Crippen molar-refractivity contribution in [1.29, 1.82) is 0 Å². The van der Waals surface area contributed by atoms with E-state index in [0.717, 1.165) is 105 Å². The van der Waals surface area contributed by atoms with Crippen molar-refractivity contribution in [2.24, 2.45) is 29.1 Å². The molecule has 0 aromatic heterocycles. The summed E-state index contributed by atoms with van der Waals surface area (Å²) in [6.07, 6.45) is 31.1. The Morgan fingerprint density at radius 2 is 1.31 bits per heavy atom. The second-order valence-electron chi connectivity index (χ2n) is 18.5. The highest BCUT2D eigenvalue weighted by Crippen LogP contribution is 2.52. The molecule has 1 saturated heterocycles. The maximum absolute atomic E-state index is 13.0. The summed E-state index contributed by atoms with van der Waals surface area (Å²) in [5, 5.41) is 0. The normalized spacial score (nSPS) is 23.6. The number of ether oxygens (including phenoxy) is 4. The van der Waals surface area contributed by atoms with E-state index in [2.05, 4.69) is 56.9 Å². The molecule has 2 saturated carbocycles. The second-order valence-corrected chi connectivity index (χ2v) is 18.5. The number of esters is 2. The first-order chi connectivity index (χ1) is 28.1. The topological polar surface area (TPSA) is 91.4 Å². The fourth-order valence-electron chi connectivity index (χ4n) is 9.90. The van der Waals surface area contributed by atoms with Gasteiger partial charge in [0.1, 0.15) is 19.8 Å². The third kappa shape index (κ3) is 19.3. The summed E-state index contributed by atoms with van der Waals surface area (Å²) in [6, 6.07) is 5.68. The summed E-state index contributed by atoms with van der Waals surface area (Å²) in [5.74, 6) is 2.31. The molecule has 0 amide bonds. The zero-order valence-corrected chi connectivity index (χ0v) is 37.0. The van der Waals surface area contributed by atoms with Crippen LogP contribution in [0.25, 0.3) is 0 Å². The zero-order valence-electron chi connectivity index (χ0n) is 37.0. The molecular weight excluding hydrogens is 727 g/mol. The molecule has 2 aliphatic carbocycles. The molecule has 3 fully saturated rings. The molecule has 3 atom stereocenters. The number of carbonyl (C=O) groups excluding carboxylic acids is 3. The van der Waals surface area contributed by atoms with Crippen LogP contribution < -0.4 is 0 Å². The van der Waals surface area contributed by atoms with Gasteiger partial charge in [0.15, 0.2) is 0 Å². The molecule has 1 heterocycles. The summed E-state index contributed by atoms with van der Waals surface area (Å²) >= 11 is 0. The number of rotatable bonds is 26. The Morgan fingerprint density at radius 3 is 1.95 bits per heavy atom. The van der Waals surface area contributed by atoms with Crippen LogP contribution in [0.2, 0.25) is 0 Å². The number of unbranched alkanes of at least 4 members (excludes halogenated alkanes) is 8. The smallest absolute Gasteiger partial charge is 0.461 e. The van der Waals surface area contributed by atoms with E-state index < -0.39 is 6.16 Å². The van der Waals surface area contributed by atoms with Crippen molar-refractivity contribution in [1.82, 2.24) is 4.90 Å². The minimum Gasteiger partial charge on any atom is -0.461 e. The lowest BCUT2D eigenvalue weighted by Gasteiger charge is -2.47. The largest absolute Gasteiger partial charge is 0.508 e. The van der Waals surface area contributed by atoms with E-state index in [1.807, 2.05) is 18.2 Å². The molecule has 8 nitrogen and oxygen atoms in total. The van der Waals surface area contributed by atoms with Crippen LogP contribution in [0.5, 0.6) is 0 Å². The predicted molar refractivity (Wildman–Crippen MR) is 233 cm³/mol. The van der Waals surface area contributed by atoms with Gasteiger partial charge in [-0.2, -0.15) is 0 Å². The van der Waals surface area contributed by atoms with Crippen LogP contribution in [0.15, 0.2) is 42.5 Å². The molecule has 1 aliphatic heterocycles. The van der Waals surface area contributed by atoms with E-state index >= 15 is 0 Å². The second kappa shape index (κ2) is 26.9. The van der Waals surface area contributed by atoms with E-state index in [9.17, 15) is 14.4 Å². The summed E-state index contributed by atoms with van der Waals surface area (Å²) in [5.41, 5.74) is 2.48. The van der Waals surface area contributed by atoms with Crippen molar-refractivity contribution < 1.29 is 33.3 Å². The van der Waals surface area contributed by atoms with Crippen LogP contribution >= 0.6 is 0 Å². The van der Waals surface area contributed by atoms with Gasteiger partial charge in [0.25, 0.3) is 0 Å². The molecule has 2 bridgehead atoms. The number of piperidine rings is 1. The lowest BCUT2D eigenvalue weighted by atomic mass is 9.58. The monoisotopic (exact) mass is 806 g/mol. The molecule has 1 aromatic rings. The first-order valence-electron chi connectivity index (χ1n) is 23.4. The van der Waals surface area contributed by atoms with Crippen molar-refractivity contribution in [3.05, 3.63) is 59.2 Å². The highest BCUT2D eigenvalue weighted by Gasteiger charge is 2.41. The highest BCUT2D eigenvalue weighted by molar-refractivity contribution is 5.69. The SMILES string of the molecule is CCCCC/C=C\C/C=C\CCCCCCCC(=O)OCc1cc(COC(=O)CCC2(C)CC3CC(C)CC(C3)C2)cc(COC(=O)OCC2CCCN(CC)C2)c1. The van der Waals surface area contributed by atoms with Gasteiger partial charge < -0.3 is 23.8 Å². The van der Waals surface area contributed by atoms with Gasteiger partial charge in [-0.05, 0) is 161 Å². The van der Waals surface area contributed by atoms with Crippen LogP contribution in [-0.2, 0) is 48.4 Å². The number of hydrogen-bond donors (Lipinski definition) is 0. The Labute approximate surface area is 352 Å². The first-order valence-corrected chi connectivity index (χ1v) is 23.4. The van der Waals surface area contributed by atoms with Gasteiger partial charge in [0.2, 0.25) is 0 Å². The Kier molecular flexibility index (Phi) is 22.0. The molecular formula is C50H79NO7. The fourth-order valence-corrected chi connectivity index (χ4v) is 9.90. The molecule has 8 heteroatoms. The number of hydrogen-bond acceptors (Lipinski definition) is 8. The maximum atomic E-state index is 13.0. The molecule has 0 N–H and O–H groups in total. The van der Waals surface area contributed by atoms with Gasteiger partial charge in [0.05, 0.1) is 6.61 Å².